The third-order valence-corrected chi connectivity index (χ3v) is 7.88. The molecule has 10 heteroatoms. The van der Waals surface area contributed by atoms with Crippen molar-refractivity contribution in [2.75, 3.05) is 25.4 Å². The van der Waals surface area contributed by atoms with Crippen LogP contribution in [0.25, 0.3) is 0 Å². The quantitative estimate of drug-likeness (QED) is 0.669. The number of nitrogens with one attached hydrogen (secondary N) is 2. The fourth-order valence-electron chi connectivity index (χ4n) is 4.47. The van der Waals surface area contributed by atoms with E-state index in [1.165, 1.54) is 12.1 Å². The molecule has 0 aliphatic carbocycles. The molecule has 9 nitrogen and oxygen atoms in total. The molecule has 2 aliphatic heterocycles. The van der Waals surface area contributed by atoms with Crippen molar-refractivity contribution in [1.29, 1.82) is 0 Å². The molecular formula is C24H29N3O6S. The summed E-state index contributed by atoms with van der Waals surface area (Å²) in [5, 5.41) is 2.61. The van der Waals surface area contributed by atoms with Crippen LogP contribution in [-0.2, 0) is 19.6 Å². The Kier molecular flexibility index (Phi) is 6.81. The van der Waals surface area contributed by atoms with E-state index in [0.29, 0.717) is 24.2 Å². The molecule has 2 aromatic carbocycles. The Labute approximate surface area is 199 Å². The van der Waals surface area contributed by atoms with Crippen LogP contribution in [0.2, 0.25) is 0 Å². The summed E-state index contributed by atoms with van der Waals surface area (Å²) in [7, 11) is -0.525. The molecule has 34 heavy (non-hydrogen) atoms. The lowest BCUT2D eigenvalue weighted by molar-refractivity contribution is -0.133. The van der Waals surface area contributed by atoms with Gasteiger partial charge in [-0.05, 0) is 49.6 Å². The number of benzene rings is 2. The molecule has 0 spiro atoms. The molecule has 2 aliphatic rings. The third kappa shape index (κ3) is 4.88. The predicted octanol–water partition coefficient (Wildman–Crippen LogP) is 2.31. The number of nitrogens with zero attached hydrogens (tertiary/aromatic N) is 1. The molecule has 1 saturated heterocycles. The normalized spacial score (nSPS) is 22.5. The van der Waals surface area contributed by atoms with Gasteiger partial charge in [0, 0.05) is 19.8 Å². The van der Waals surface area contributed by atoms with Crippen molar-refractivity contribution in [1.82, 2.24) is 10.2 Å². The summed E-state index contributed by atoms with van der Waals surface area (Å²) in [6.07, 6.45) is 0.982. The Bertz CT molecular complexity index is 1200. The molecule has 0 bridgehead atoms. The van der Waals surface area contributed by atoms with Gasteiger partial charge >= 0.3 is 0 Å². The molecule has 2 amide bonds. The summed E-state index contributed by atoms with van der Waals surface area (Å²) in [4.78, 5) is 26.9. The molecule has 0 saturated carbocycles. The topological polar surface area (TPSA) is 114 Å². The summed E-state index contributed by atoms with van der Waals surface area (Å²) >= 11 is 0. The molecule has 4 rings (SSSR count). The van der Waals surface area contributed by atoms with E-state index >= 15 is 0 Å². The Morgan fingerprint density at radius 1 is 1.18 bits per heavy atom. The second-order valence-electron chi connectivity index (χ2n) is 8.63. The Hall–Kier alpha value is -3.11. The van der Waals surface area contributed by atoms with Gasteiger partial charge in [0.25, 0.3) is 15.9 Å². The number of carbonyl (C=O) groups is 2. The van der Waals surface area contributed by atoms with Gasteiger partial charge in [-0.25, -0.2) is 8.42 Å². The van der Waals surface area contributed by atoms with Crippen molar-refractivity contribution in [2.45, 2.75) is 49.3 Å². The number of amides is 2. The van der Waals surface area contributed by atoms with Gasteiger partial charge < -0.3 is 19.7 Å². The summed E-state index contributed by atoms with van der Waals surface area (Å²) in [6.45, 7) is 1.94. The average Bonchev–Trinajstić information content (AvgIpc) is 2.81. The average molecular weight is 488 g/mol. The van der Waals surface area contributed by atoms with E-state index < -0.39 is 10.0 Å². The van der Waals surface area contributed by atoms with Crippen molar-refractivity contribution < 1.29 is 27.5 Å². The van der Waals surface area contributed by atoms with Gasteiger partial charge in [-0.2, -0.15) is 0 Å². The Balaban J connectivity index is 1.56. The van der Waals surface area contributed by atoms with Gasteiger partial charge in [0.05, 0.1) is 29.0 Å². The number of rotatable bonds is 5. The van der Waals surface area contributed by atoms with Gasteiger partial charge in [0.1, 0.15) is 18.5 Å². The first-order valence-corrected chi connectivity index (χ1v) is 12.7. The highest BCUT2D eigenvalue weighted by Gasteiger charge is 2.39. The largest absolute Gasteiger partial charge is 0.490 e. The van der Waals surface area contributed by atoms with Crippen LogP contribution in [0, 0.1) is 6.92 Å². The molecular weight excluding hydrogens is 458 g/mol. The maximum Gasteiger partial charge on any atom is 0.262 e. The van der Waals surface area contributed by atoms with Crippen molar-refractivity contribution in [2.24, 2.45) is 0 Å². The molecule has 0 aromatic heterocycles. The predicted molar refractivity (Wildman–Crippen MR) is 126 cm³/mol. The van der Waals surface area contributed by atoms with Gasteiger partial charge in [-0.15, -0.1) is 0 Å². The number of anilines is 1. The molecule has 2 aromatic rings. The molecule has 0 unspecified atom stereocenters. The second kappa shape index (κ2) is 9.63. The first kappa shape index (κ1) is 24.0. The van der Waals surface area contributed by atoms with E-state index in [1.807, 2.05) is 0 Å². The lowest BCUT2D eigenvalue weighted by Gasteiger charge is -2.42. The number of hydrogen-bond acceptors (Lipinski definition) is 6. The van der Waals surface area contributed by atoms with Crippen molar-refractivity contribution in [3.8, 4) is 5.75 Å². The lowest BCUT2D eigenvalue weighted by atomic mass is 9.94. The summed E-state index contributed by atoms with van der Waals surface area (Å²) in [5.41, 5.74) is 1.17. The van der Waals surface area contributed by atoms with Crippen LogP contribution in [0.4, 0.5) is 5.69 Å². The zero-order valence-electron chi connectivity index (χ0n) is 19.4. The van der Waals surface area contributed by atoms with Gasteiger partial charge in [0.15, 0.2) is 0 Å². The minimum Gasteiger partial charge on any atom is -0.490 e. The first-order valence-electron chi connectivity index (χ1n) is 11.2. The van der Waals surface area contributed by atoms with Crippen LogP contribution in [0.3, 0.4) is 0 Å². The highest BCUT2D eigenvalue weighted by molar-refractivity contribution is 7.92. The number of carbonyl (C=O) groups excluding carboxylic acids is 2. The smallest absolute Gasteiger partial charge is 0.262 e. The maximum atomic E-state index is 13.3. The van der Waals surface area contributed by atoms with Crippen LogP contribution < -0.4 is 14.8 Å². The molecule has 182 valence electrons. The molecule has 3 atom stereocenters. The van der Waals surface area contributed by atoms with Crippen molar-refractivity contribution in [3.63, 3.8) is 0 Å². The number of aryl methyl sites for hydroxylation is 1. The number of ether oxygens (including phenoxy) is 2. The van der Waals surface area contributed by atoms with Gasteiger partial charge in [-0.1, -0.05) is 18.2 Å². The molecule has 2 heterocycles. The van der Waals surface area contributed by atoms with Crippen LogP contribution in [-0.4, -0.2) is 64.1 Å². The highest BCUT2D eigenvalue weighted by Crippen LogP contribution is 2.33. The first-order chi connectivity index (χ1) is 16.2. The van der Waals surface area contributed by atoms with E-state index in [0.717, 1.165) is 0 Å². The fraction of sp³-hybridized carbons (Fsp3) is 0.417. The van der Waals surface area contributed by atoms with E-state index in [2.05, 4.69) is 10.0 Å². The maximum absolute atomic E-state index is 13.3. The standard InChI is InChI=1S/C24H29N3O6S/c1-15-6-4-5-7-22(15)34(30,31)26-16-8-11-20-18(12-16)24(29)27(3)19-10-9-17(13-23(28)25-2)33-21(19)14-32-20/h4-8,11-12,17,19,21,26H,9-10,13-14H2,1-3H3,(H,25,28)/t17-,19-,21+/m1/s1. The highest BCUT2D eigenvalue weighted by atomic mass is 32.2. The van der Waals surface area contributed by atoms with Crippen LogP contribution >= 0.6 is 0 Å². The molecule has 2 N–H and O–H groups in total. The lowest BCUT2D eigenvalue weighted by Crippen LogP contribution is -2.53. The van der Waals surface area contributed by atoms with E-state index in [9.17, 15) is 18.0 Å². The summed E-state index contributed by atoms with van der Waals surface area (Å²) in [6, 6.07) is 11.1. The zero-order valence-corrected chi connectivity index (χ0v) is 20.2. The number of sulfonamides is 1. The van der Waals surface area contributed by atoms with Crippen LogP contribution in [0.15, 0.2) is 47.4 Å². The minimum absolute atomic E-state index is 0.0920. The number of hydrogen-bond donors (Lipinski definition) is 2. The molecule has 0 radical (unpaired) electrons. The minimum atomic E-state index is -3.82. The molecule has 1 fully saturated rings. The van der Waals surface area contributed by atoms with Crippen LogP contribution in [0.1, 0.15) is 35.2 Å². The summed E-state index contributed by atoms with van der Waals surface area (Å²) < 4.78 is 40.4. The third-order valence-electron chi connectivity index (χ3n) is 6.34. The SMILES string of the molecule is CNC(=O)C[C@H]1CC[C@@H]2[C@H](COc3ccc(NS(=O)(=O)c4ccccc4C)cc3C(=O)N2C)O1. The van der Waals surface area contributed by atoms with Crippen LogP contribution in [0.5, 0.6) is 5.75 Å². The van der Waals surface area contributed by atoms with Gasteiger partial charge in [-0.3, -0.25) is 14.3 Å². The number of likely N-dealkylation sites (N-methyl/N-ethyl adjacent to an activating group) is 1. The Morgan fingerprint density at radius 2 is 1.94 bits per heavy atom. The zero-order chi connectivity index (χ0) is 24.5. The fourth-order valence-corrected chi connectivity index (χ4v) is 5.76. The van der Waals surface area contributed by atoms with Crippen molar-refractivity contribution in [3.05, 3.63) is 53.6 Å². The Morgan fingerprint density at radius 3 is 2.68 bits per heavy atom. The van der Waals surface area contributed by atoms with E-state index in [1.54, 1.807) is 56.3 Å². The van der Waals surface area contributed by atoms with Gasteiger partial charge in [0.2, 0.25) is 5.91 Å². The monoisotopic (exact) mass is 487 g/mol. The number of fused-ring (bicyclic) bond motifs is 2. The second-order valence-corrected chi connectivity index (χ2v) is 10.3. The summed E-state index contributed by atoms with van der Waals surface area (Å²) in [5.74, 6) is -0.0215. The van der Waals surface area contributed by atoms with Crippen molar-refractivity contribution >= 4 is 27.5 Å². The van der Waals surface area contributed by atoms with E-state index in [-0.39, 0.29) is 59.2 Å². The van der Waals surface area contributed by atoms with E-state index in [4.69, 9.17) is 9.47 Å².